The molecule has 1 amide bonds. The van der Waals surface area contributed by atoms with Crippen molar-refractivity contribution in [1.29, 1.82) is 0 Å². The Morgan fingerprint density at radius 2 is 2.00 bits per heavy atom. The molecule has 0 saturated carbocycles. The Morgan fingerprint density at radius 1 is 1.24 bits per heavy atom. The molecule has 0 aromatic heterocycles. The summed E-state index contributed by atoms with van der Waals surface area (Å²) in [5.74, 6) is -0.620. The molecule has 2 aromatic rings. The van der Waals surface area contributed by atoms with Crippen LogP contribution in [-0.2, 0) is 6.42 Å². The van der Waals surface area contributed by atoms with Crippen LogP contribution in [0.4, 0.5) is 0 Å². The number of nitrogens with one attached hydrogen (secondary N) is 1. The first-order chi connectivity index (χ1) is 10.1. The first-order valence-electron chi connectivity index (χ1n) is 6.61. The van der Waals surface area contributed by atoms with Crippen LogP contribution in [0.25, 0.3) is 0 Å². The lowest BCUT2D eigenvalue weighted by molar-refractivity contribution is 0.0855. The maximum absolute atomic E-state index is 12.3. The van der Waals surface area contributed by atoms with E-state index in [-0.39, 0.29) is 11.3 Å². The standard InChI is InChI=1S/C16H14ClNO3/c17-10-5-6-12(13(19)8-10)16(21)18-15-11-4-2-1-3-9(11)7-14(15)20/h1-6,8,14-15,19-20H,7H2,(H,18,21)/t14-,15+/m1/s1. The molecular formula is C16H14ClNO3. The predicted molar refractivity (Wildman–Crippen MR) is 79.5 cm³/mol. The zero-order valence-corrected chi connectivity index (χ0v) is 11.8. The number of aliphatic hydroxyl groups excluding tert-OH is 1. The van der Waals surface area contributed by atoms with Crippen molar-refractivity contribution in [3.63, 3.8) is 0 Å². The number of phenolic OH excluding ortho intramolecular Hbond substituents is 1. The summed E-state index contributed by atoms with van der Waals surface area (Å²) in [4.78, 5) is 12.3. The van der Waals surface area contributed by atoms with E-state index in [4.69, 9.17) is 11.6 Å². The van der Waals surface area contributed by atoms with Gasteiger partial charge >= 0.3 is 0 Å². The number of hydrogen-bond acceptors (Lipinski definition) is 3. The van der Waals surface area contributed by atoms with E-state index in [1.807, 2.05) is 24.3 Å². The summed E-state index contributed by atoms with van der Waals surface area (Å²) in [6, 6.07) is 11.4. The van der Waals surface area contributed by atoms with E-state index >= 15 is 0 Å². The number of amides is 1. The maximum atomic E-state index is 12.3. The minimum Gasteiger partial charge on any atom is -0.507 e. The third-order valence-corrected chi connectivity index (χ3v) is 3.93. The average Bonchev–Trinajstić information content (AvgIpc) is 2.75. The highest BCUT2D eigenvalue weighted by atomic mass is 35.5. The van der Waals surface area contributed by atoms with Crippen LogP contribution in [0.5, 0.6) is 5.75 Å². The van der Waals surface area contributed by atoms with Crippen molar-refractivity contribution in [2.24, 2.45) is 0 Å². The number of carbonyl (C=O) groups is 1. The van der Waals surface area contributed by atoms with Gasteiger partial charge in [0.25, 0.3) is 5.91 Å². The van der Waals surface area contributed by atoms with Gasteiger partial charge in [0.15, 0.2) is 0 Å². The smallest absolute Gasteiger partial charge is 0.255 e. The van der Waals surface area contributed by atoms with Gasteiger partial charge in [-0.25, -0.2) is 0 Å². The Hall–Kier alpha value is -2.04. The zero-order valence-electron chi connectivity index (χ0n) is 11.1. The first-order valence-corrected chi connectivity index (χ1v) is 6.99. The number of hydrogen-bond donors (Lipinski definition) is 3. The molecule has 1 aliphatic carbocycles. The van der Waals surface area contributed by atoms with Gasteiger partial charge in [-0.05, 0) is 29.3 Å². The molecule has 0 bridgehead atoms. The molecule has 2 aromatic carbocycles. The van der Waals surface area contributed by atoms with Crippen LogP contribution >= 0.6 is 11.6 Å². The second kappa shape index (κ2) is 5.39. The molecular weight excluding hydrogens is 290 g/mol. The number of fused-ring (bicyclic) bond motifs is 1. The quantitative estimate of drug-likeness (QED) is 0.798. The average molecular weight is 304 g/mol. The second-order valence-electron chi connectivity index (χ2n) is 5.08. The van der Waals surface area contributed by atoms with Crippen LogP contribution < -0.4 is 5.32 Å². The highest BCUT2D eigenvalue weighted by Crippen LogP contribution is 2.32. The van der Waals surface area contributed by atoms with Crippen LogP contribution in [0.1, 0.15) is 27.5 Å². The molecule has 3 rings (SSSR count). The minimum absolute atomic E-state index is 0.135. The lowest BCUT2D eigenvalue weighted by Crippen LogP contribution is -2.33. The number of rotatable bonds is 2. The molecule has 0 heterocycles. The molecule has 0 fully saturated rings. The normalized spacial score (nSPS) is 20.1. The van der Waals surface area contributed by atoms with Crippen molar-refractivity contribution in [2.75, 3.05) is 0 Å². The summed E-state index contributed by atoms with van der Waals surface area (Å²) in [6.45, 7) is 0. The van der Waals surface area contributed by atoms with E-state index in [1.165, 1.54) is 18.2 Å². The molecule has 0 aliphatic heterocycles. The summed E-state index contributed by atoms with van der Waals surface area (Å²) < 4.78 is 0. The van der Waals surface area contributed by atoms with E-state index in [0.717, 1.165) is 11.1 Å². The van der Waals surface area contributed by atoms with Gasteiger partial charge < -0.3 is 15.5 Å². The number of aliphatic hydroxyl groups is 1. The lowest BCUT2D eigenvalue weighted by atomic mass is 10.1. The molecule has 2 atom stereocenters. The molecule has 5 heteroatoms. The summed E-state index contributed by atoms with van der Waals surface area (Å²) in [7, 11) is 0. The van der Waals surface area contributed by atoms with Crippen molar-refractivity contribution in [3.05, 3.63) is 64.2 Å². The number of phenols is 1. The number of halogens is 1. The lowest BCUT2D eigenvalue weighted by Gasteiger charge is -2.18. The largest absolute Gasteiger partial charge is 0.507 e. The predicted octanol–water partition coefficient (Wildman–Crippen LogP) is 2.43. The van der Waals surface area contributed by atoms with E-state index in [2.05, 4.69) is 5.32 Å². The topological polar surface area (TPSA) is 69.6 Å². The van der Waals surface area contributed by atoms with Crippen molar-refractivity contribution in [1.82, 2.24) is 5.32 Å². The van der Waals surface area contributed by atoms with Crippen LogP contribution in [0, 0.1) is 0 Å². The van der Waals surface area contributed by atoms with Gasteiger partial charge in [0.1, 0.15) is 5.75 Å². The van der Waals surface area contributed by atoms with Gasteiger partial charge in [0.2, 0.25) is 0 Å². The molecule has 21 heavy (non-hydrogen) atoms. The Kier molecular flexibility index (Phi) is 3.57. The monoisotopic (exact) mass is 303 g/mol. The molecule has 108 valence electrons. The first kappa shape index (κ1) is 13.9. The van der Waals surface area contributed by atoms with Gasteiger partial charge in [-0.15, -0.1) is 0 Å². The van der Waals surface area contributed by atoms with Crippen LogP contribution in [0.2, 0.25) is 5.02 Å². The zero-order chi connectivity index (χ0) is 15.0. The Balaban J connectivity index is 1.85. The molecule has 4 nitrogen and oxygen atoms in total. The molecule has 3 N–H and O–H groups in total. The van der Waals surface area contributed by atoms with Crippen molar-refractivity contribution in [2.45, 2.75) is 18.6 Å². The van der Waals surface area contributed by atoms with Gasteiger partial charge in [-0.3, -0.25) is 4.79 Å². The van der Waals surface area contributed by atoms with Gasteiger partial charge in [0.05, 0.1) is 17.7 Å². The molecule has 0 spiro atoms. The fraction of sp³-hybridized carbons (Fsp3) is 0.188. The highest BCUT2D eigenvalue weighted by molar-refractivity contribution is 6.30. The van der Waals surface area contributed by atoms with E-state index < -0.39 is 18.1 Å². The number of aromatic hydroxyl groups is 1. The SMILES string of the molecule is O=C(N[C@H]1c2ccccc2C[C@H]1O)c1ccc(Cl)cc1O. The van der Waals surface area contributed by atoms with E-state index in [0.29, 0.717) is 11.4 Å². The Labute approximate surface area is 127 Å². The second-order valence-corrected chi connectivity index (χ2v) is 5.52. The Morgan fingerprint density at radius 3 is 2.76 bits per heavy atom. The molecule has 1 aliphatic rings. The highest BCUT2D eigenvalue weighted by Gasteiger charge is 2.32. The Bertz CT molecular complexity index is 702. The van der Waals surface area contributed by atoms with Crippen LogP contribution in [0.15, 0.2) is 42.5 Å². The van der Waals surface area contributed by atoms with Gasteiger partial charge in [-0.2, -0.15) is 0 Å². The summed E-state index contributed by atoms with van der Waals surface area (Å²) in [6.07, 6.45) is -0.158. The van der Waals surface area contributed by atoms with Gasteiger partial charge in [-0.1, -0.05) is 35.9 Å². The van der Waals surface area contributed by atoms with Gasteiger partial charge in [0, 0.05) is 11.4 Å². The summed E-state index contributed by atoms with van der Waals surface area (Å²) in [5.41, 5.74) is 2.07. The fourth-order valence-electron chi connectivity index (χ4n) is 2.66. The third-order valence-electron chi connectivity index (χ3n) is 3.69. The van der Waals surface area contributed by atoms with Crippen LogP contribution in [0.3, 0.4) is 0 Å². The third kappa shape index (κ3) is 2.60. The maximum Gasteiger partial charge on any atom is 0.255 e. The number of carbonyl (C=O) groups excluding carboxylic acids is 1. The van der Waals surface area contributed by atoms with Crippen molar-refractivity contribution >= 4 is 17.5 Å². The molecule has 0 radical (unpaired) electrons. The molecule has 0 unspecified atom stereocenters. The number of benzene rings is 2. The van der Waals surface area contributed by atoms with Crippen molar-refractivity contribution < 1.29 is 15.0 Å². The van der Waals surface area contributed by atoms with Crippen molar-refractivity contribution in [3.8, 4) is 5.75 Å². The summed E-state index contributed by atoms with van der Waals surface area (Å²) in [5, 5.41) is 23.0. The van der Waals surface area contributed by atoms with E-state index in [1.54, 1.807) is 0 Å². The summed E-state index contributed by atoms with van der Waals surface area (Å²) >= 11 is 5.75. The minimum atomic E-state index is -0.666. The molecule has 0 saturated heterocycles. The van der Waals surface area contributed by atoms with Crippen LogP contribution in [-0.4, -0.2) is 22.2 Å². The van der Waals surface area contributed by atoms with E-state index in [9.17, 15) is 15.0 Å². The fourth-order valence-corrected chi connectivity index (χ4v) is 2.83.